The summed E-state index contributed by atoms with van der Waals surface area (Å²) in [5, 5.41) is 8.49. The van der Waals surface area contributed by atoms with Crippen molar-refractivity contribution in [2.45, 2.75) is 12.6 Å². The molecule has 7 heteroatoms. The van der Waals surface area contributed by atoms with Gasteiger partial charge in [-0.3, -0.25) is 0 Å². The number of benzene rings is 1. The van der Waals surface area contributed by atoms with E-state index >= 15 is 0 Å². The highest BCUT2D eigenvalue weighted by atomic mass is 32.2. The van der Waals surface area contributed by atoms with Gasteiger partial charge in [-0.2, -0.15) is 24.9 Å². The van der Waals surface area contributed by atoms with Crippen molar-refractivity contribution in [1.82, 2.24) is 0 Å². The van der Waals surface area contributed by atoms with E-state index in [2.05, 4.69) is 0 Å². The quantitative estimate of drug-likeness (QED) is 0.611. The zero-order chi connectivity index (χ0) is 15.9. The fourth-order valence-electron chi connectivity index (χ4n) is 1.55. The summed E-state index contributed by atoms with van der Waals surface area (Å²) in [6.07, 6.45) is -0.102. The summed E-state index contributed by atoms with van der Waals surface area (Å²) in [7, 11) is 0. The maximum atomic E-state index is 13.0. The minimum absolute atomic E-state index is 0.154. The lowest BCUT2D eigenvalue weighted by atomic mass is 10.1. The number of aliphatic carboxylic acids is 1. The summed E-state index contributed by atoms with van der Waals surface area (Å²) in [6, 6.07) is 3.48. The third-order valence-electron chi connectivity index (χ3n) is 2.48. The lowest BCUT2D eigenvalue weighted by molar-refractivity contribution is -0.139. The Kier molecular flexibility index (Phi) is 6.61. The van der Waals surface area contributed by atoms with Crippen LogP contribution in [0.15, 0.2) is 24.3 Å². The summed E-state index contributed by atoms with van der Waals surface area (Å²) < 4.78 is 44.1. The van der Waals surface area contributed by atoms with Crippen molar-refractivity contribution in [3.05, 3.63) is 35.4 Å². The number of carboxylic acid groups (broad SMARTS) is 1. The van der Waals surface area contributed by atoms with Crippen LogP contribution >= 0.6 is 11.8 Å². The Bertz CT molecular complexity index is 513. The lowest BCUT2D eigenvalue weighted by Gasteiger charge is -2.14. The van der Waals surface area contributed by atoms with Crippen LogP contribution in [0.2, 0.25) is 0 Å². The minimum Gasteiger partial charge on any atom is -0.493 e. The maximum Gasteiger partial charge on any atom is 0.419 e. The van der Waals surface area contributed by atoms with Gasteiger partial charge >= 0.3 is 12.1 Å². The van der Waals surface area contributed by atoms with Crippen molar-refractivity contribution >= 4 is 23.8 Å². The van der Waals surface area contributed by atoms with Crippen LogP contribution in [0, 0.1) is 0 Å². The molecule has 0 aliphatic carbocycles. The second kappa shape index (κ2) is 7.97. The normalized spacial score (nSPS) is 11.8. The number of ether oxygens (including phenoxy) is 1. The van der Waals surface area contributed by atoms with Gasteiger partial charge in [-0.15, -0.1) is 0 Å². The Morgan fingerprint density at radius 2 is 2.14 bits per heavy atom. The molecule has 0 bridgehead atoms. The van der Waals surface area contributed by atoms with Crippen molar-refractivity contribution in [2.75, 3.05) is 18.6 Å². The van der Waals surface area contributed by atoms with Crippen molar-refractivity contribution in [1.29, 1.82) is 0 Å². The second-order valence-electron chi connectivity index (χ2n) is 4.12. The Hall–Kier alpha value is -1.63. The fraction of sp³-hybridized carbons (Fsp3) is 0.357. The smallest absolute Gasteiger partial charge is 0.419 e. The molecule has 0 atom stereocenters. The van der Waals surface area contributed by atoms with Crippen LogP contribution in [0.3, 0.4) is 0 Å². The fourth-order valence-corrected chi connectivity index (χ4v) is 1.96. The molecule has 116 valence electrons. The van der Waals surface area contributed by atoms with E-state index in [4.69, 9.17) is 9.84 Å². The molecule has 0 spiro atoms. The highest BCUT2D eigenvalue weighted by molar-refractivity contribution is 7.98. The summed E-state index contributed by atoms with van der Waals surface area (Å²) in [6.45, 7) is 0.203. The zero-order valence-electron chi connectivity index (χ0n) is 11.3. The van der Waals surface area contributed by atoms with E-state index in [1.165, 1.54) is 12.1 Å². The van der Waals surface area contributed by atoms with Gasteiger partial charge in [0.1, 0.15) is 5.75 Å². The molecule has 0 aromatic heterocycles. The number of rotatable bonds is 7. The van der Waals surface area contributed by atoms with Crippen LogP contribution in [0.5, 0.6) is 5.75 Å². The van der Waals surface area contributed by atoms with Gasteiger partial charge in [0.25, 0.3) is 0 Å². The van der Waals surface area contributed by atoms with Crippen LogP contribution in [0.1, 0.15) is 17.5 Å². The minimum atomic E-state index is -4.55. The molecule has 0 unspecified atom stereocenters. The van der Waals surface area contributed by atoms with Gasteiger partial charge in [0.15, 0.2) is 0 Å². The van der Waals surface area contributed by atoms with Crippen molar-refractivity contribution in [2.24, 2.45) is 0 Å². The van der Waals surface area contributed by atoms with E-state index in [0.717, 1.165) is 24.0 Å². The molecular weight excluding hydrogens is 305 g/mol. The Morgan fingerprint density at radius 3 is 2.71 bits per heavy atom. The molecular formula is C14H15F3O3S. The lowest BCUT2D eigenvalue weighted by Crippen LogP contribution is -2.10. The van der Waals surface area contributed by atoms with Gasteiger partial charge in [0.05, 0.1) is 12.2 Å². The standard InChI is InChI=1S/C14H15F3O3S/c1-21-8-2-7-20-12-5-3-10(4-6-13(18)19)9-11(12)14(15,16)17/h3-6,9H,2,7-8H2,1H3,(H,18,19)/b6-4+. The molecule has 1 N–H and O–H groups in total. The van der Waals surface area contributed by atoms with Gasteiger partial charge in [-0.05, 0) is 42.2 Å². The third-order valence-corrected chi connectivity index (χ3v) is 3.17. The van der Waals surface area contributed by atoms with Gasteiger partial charge in [0.2, 0.25) is 0 Å². The van der Waals surface area contributed by atoms with Crippen molar-refractivity contribution < 1.29 is 27.8 Å². The molecule has 0 aliphatic rings. The van der Waals surface area contributed by atoms with Crippen LogP contribution in [0.4, 0.5) is 13.2 Å². The Labute approximate surface area is 124 Å². The first-order valence-corrected chi connectivity index (χ1v) is 7.48. The van der Waals surface area contributed by atoms with Crippen LogP contribution < -0.4 is 4.74 Å². The average Bonchev–Trinajstić information content (AvgIpc) is 2.41. The van der Waals surface area contributed by atoms with Gasteiger partial charge < -0.3 is 9.84 Å². The van der Waals surface area contributed by atoms with E-state index in [1.807, 2.05) is 6.26 Å². The summed E-state index contributed by atoms with van der Waals surface area (Å²) in [4.78, 5) is 10.4. The van der Waals surface area contributed by atoms with Gasteiger partial charge in [-0.1, -0.05) is 6.07 Å². The predicted molar refractivity (Wildman–Crippen MR) is 76.6 cm³/mol. The molecule has 21 heavy (non-hydrogen) atoms. The number of hydrogen-bond donors (Lipinski definition) is 1. The highest BCUT2D eigenvalue weighted by Crippen LogP contribution is 2.37. The first-order valence-electron chi connectivity index (χ1n) is 6.08. The van der Waals surface area contributed by atoms with E-state index in [9.17, 15) is 18.0 Å². The summed E-state index contributed by atoms with van der Waals surface area (Å²) in [5.41, 5.74) is -0.750. The summed E-state index contributed by atoms with van der Waals surface area (Å²) >= 11 is 1.59. The number of hydrogen-bond acceptors (Lipinski definition) is 3. The molecule has 0 saturated heterocycles. The van der Waals surface area contributed by atoms with E-state index in [-0.39, 0.29) is 17.9 Å². The molecule has 0 aliphatic heterocycles. The van der Waals surface area contributed by atoms with Crippen molar-refractivity contribution in [3.8, 4) is 5.75 Å². The predicted octanol–water partition coefficient (Wildman–Crippen LogP) is 3.94. The molecule has 1 rings (SSSR count). The van der Waals surface area contributed by atoms with Crippen LogP contribution in [-0.4, -0.2) is 29.7 Å². The Morgan fingerprint density at radius 1 is 1.43 bits per heavy atom. The molecule has 0 saturated carbocycles. The maximum absolute atomic E-state index is 13.0. The van der Waals surface area contributed by atoms with Crippen molar-refractivity contribution in [3.63, 3.8) is 0 Å². The molecule has 0 radical (unpaired) electrons. The van der Waals surface area contributed by atoms with Gasteiger partial charge in [-0.25, -0.2) is 4.79 Å². The number of thioether (sulfide) groups is 1. The number of carbonyl (C=O) groups is 1. The zero-order valence-corrected chi connectivity index (χ0v) is 12.1. The first-order chi connectivity index (χ1) is 9.84. The number of carboxylic acids is 1. The van der Waals surface area contributed by atoms with E-state index < -0.39 is 17.7 Å². The topological polar surface area (TPSA) is 46.5 Å². The van der Waals surface area contributed by atoms with Crippen LogP contribution in [-0.2, 0) is 11.0 Å². The van der Waals surface area contributed by atoms with E-state index in [0.29, 0.717) is 6.42 Å². The average molecular weight is 320 g/mol. The molecule has 1 aromatic carbocycles. The SMILES string of the molecule is CSCCCOc1ccc(/C=C/C(=O)O)cc1C(F)(F)F. The molecule has 0 fully saturated rings. The third kappa shape index (κ3) is 6.12. The monoisotopic (exact) mass is 320 g/mol. The largest absolute Gasteiger partial charge is 0.493 e. The number of alkyl halides is 3. The van der Waals surface area contributed by atoms with Gasteiger partial charge in [0, 0.05) is 6.08 Å². The molecule has 3 nitrogen and oxygen atoms in total. The Balaban J connectivity index is 2.95. The molecule has 0 heterocycles. The first kappa shape index (κ1) is 17.4. The highest BCUT2D eigenvalue weighted by Gasteiger charge is 2.34. The second-order valence-corrected chi connectivity index (χ2v) is 5.11. The summed E-state index contributed by atoms with van der Waals surface area (Å²) in [5.74, 6) is -0.655. The van der Waals surface area contributed by atoms with E-state index in [1.54, 1.807) is 11.8 Å². The number of halogens is 3. The molecule has 0 amide bonds. The molecule has 1 aromatic rings. The van der Waals surface area contributed by atoms with Crippen LogP contribution in [0.25, 0.3) is 6.08 Å².